The summed E-state index contributed by atoms with van der Waals surface area (Å²) in [4.78, 5) is 1.40. The SMILES string of the molecule is COCCC(C)C(NN)C1CSc2ccccc21. The van der Waals surface area contributed by atoms with Crippen LogP contribution in [0, 0.1) is 5.92 Å². The van der Waals surface area contributed by atoms with Crippen LogP contribution in [0.4, 0.5) is 0 Å². The lowest BCUT2D eigenvalue weighted by Crippen LogP contribution is -2.44. The van der Waals surface area contributed by atoms with Crippen LogP contribution in [0.1, 0.15) is 24.8 Å². The van der Waals surface area contributed by atoms with Crippen molar-refractivity contribution in [1.82, 2.24) is 5.43 Å². The average Bonchev–Trinajstić information content (AvgIpc) is 2.81. The molecule has 0 aromatic heterocycles. The van der Waals surface area contributed by atoms with Gasteiger partial charge in [0.2, 0.25) is 0 Å². The van der Waals surface area contributed by atoms with Crippen LogP contribution in [0.25, 0.3) is 0 Å². The zero-order valence-electron chi connectivity index (χ0n) is 11.1. The van der Waals surface area contributed by atoms with E-state index in [0.717, 1.165) is 18.8 Å². The maximum atomic E-state index is 5.78. The van der Waals surface area contributed by atoms with Crippen molar-refractivity contribution in [3.8, 4) is 0 Å². The fraction of sp³-hybridized carbons (Fsp3) is 0.571. The molecule has 4 heteroatoms. The molecule has 0 amide bonds. The largest absolute Gasteiger partial charge is 0.385 e. The van der Waals surface area contributed by atoms with Crippen LogP contribution in [-0.4, -0.2) is 25.5 Å². The minimum absolute atomic E-state index is 0.316. The molecule has 3 atom stereocenters. The first-order valence-electron chi connectivity index (χ1n) is 6.44. The molecule has 18 heavy (non-hydrogen) atoms. The second-order valence-corrected chi connectivity index (χ2v) is 5.97. The number of nitrogens with one attached hydrogen (secondary N) is 1. The fourth-order valence-corrected chi connectivity index (χ4v) is 3.95. The molecule has 2 rings (SSSR count). The molecule has 3 N–H and O–H groups in total. The smallest absolute Gasteiger partial charge is 0.0465 e. The number of benzene rings is 1. The lowest BCUT2D eigenvalue weighted by molar-refractivity contribution is 0.166. The highest BCUT2D eigenvalue weighted by Crippen LogP contribution is 2.42. The Morgan fingerprint density at radius 1 is 1.50 bits per heavy atom. The van der Waals surface area contributed by atoms with Crippen LogP contribution < -0.4 is 11.3 Å². The van der Waals surface area contributed by atoms with Crippen molar-refractivity contribution in [2.45, 2.75) is 30.2 Å². The van der Waals surface area contributed by atoms with Crippen molar-refractivity contribution in [3.05, 3.63) is 29.8 Å². The van der Waals surface area contributed by atoms with E-state index in [1.54, 1.807) is 7.11 Å². The Labute approximate surface area is 113 Å². The van der Waals surface area contributed by atoms with E-state index in [4.69, 9.17) is 10.6 Å². The van der Waals surface area contributed by atoms with Crippen molar-refractivity contribution < 1.29 is 4.74 Å². The summed E-state index contributed by atoms with van der Waals surface area (Å²) in [5.74, 6) is 7.91. The van der Waals surface area contributed by atoms with Gasteiger partial charge < -0.3 is 4.74 Å². The fourth-order valence-electron chi connectivity index (χ4n) is 2.65. The van der Waals surface area contributed by atoms with Gasteiger partial charge in [-0.05, 0) is 24.0 Å². The van der Waals surface area contributed by atoms with Crippen molar-refractivity contribution in [1.29, 1.82) is 0 Å². The summed E-state index contributed by atoms with van der Waals surface area (Å²) in [6, 6.07) is 8.97. The van der Waals surface area contributed by atoms with Gasteiger partial charge in [-0.2, -0.15) is 0 Å². The zero-order chi connectivity index (χ0) is 13.0. The minimum Gasteiger partial charge on any atom is -0.385 e. The summed E-state index contributed by atoms with van der Waals surface area (Å²) in [7, 11) is 1.75. The summed E-state index contributed by atoms with van der Waals surface area (Å²) in [5.41, 5.74) is 4.46. The van der Waals surface area contributed by atoms with E-state index in [1.165, 1.54) is 10.5 Å². The number of hydrogen-bond donors (Lipinski definition) is 2. The van der Waals surface area contributed by atoms with Crippen molar-refractivity contribution in [2.24, 2.45) is 11.8 Å². The summed E-state index contributed by atoms with van der Waals surface area (Å²) in [6.07, 6.45) is 1.04. The van der Waals surface area contributed by atoms with Crippen LogP contribution in [0.15, 0.2) is 29.2 Å². The third-order valence-corrected chi connectivity index (χ3v) is 4.96. The van der Waals surface area contributed by atoms with Gasteiger partial charge in [0.1, 0.15) is 0 Å². The third kappa shape index (κ3) is 2.88. The summed E-state index contributed by atoms with van der Waals surface area (Å²) in [5, 5.41) is 0. The number of nitrogens with two attached hydrogens (primary N) is 1. The predicted molar refractivity (Wildman–Crippen MR) is 76.7 cm³/mol. The molecule has 0 saturated heterocycles. The van der Waals surface area contributed by atoms with Gasteiger partial charge in [0.15, 0.2) is 0 Å². The number of methoxy groups -OCH3 is 1. The molecule has 0 bridgehead atoms. The van der Waals surface area contributed by atoms with Gasteiger partial charge >= 0.3 is 0 Å². The first kappa shape index (κ1) is 13.9. The van der Waals surface area contributed by atoms with E-state index in [9.17, 15) is 0 Å². The molecule has 1 heterocycles. The molecular formula is C14H22N2OS. The highest BCUT2D eigenvalue weighted by molar-refractivity contribution is 7.99. The van der Waals surface area contributed by atoms with E-state index in [1.807, 2.05) is 11.8 Å². The van der Waals surface area contributed by atoms with Crippen molar-refractivity contribution in [3.63, 3.8) is 0 Å². The number of thioether (sulfide) groups is 1. The number of rotatable bonds is 6. The van der Waals surface area contributed by atoms with E-state index >= 15 is 0 Å². The molecule has 0 spiro atoms. The summed E-state index contributed by atoms with van der Waals surface area (Å²) >= 11 is 1.93. The van der Waals surface area contributed by atoms with Gasteiger partial charge in [0, 0.05) is 36.3 Å². The van der Waals surface area contributed by atoms with E-state index in [0.29, 0.717) is 17.9 Å². The Morgan fingerprint density at radius 3 is 3.00 bits per heavy atom. The summed E-state index contributed by atoms with van der Waals surface area (Å²) < 4.78 is 5.17. The highest BCUT2D eigenvalue weighted by Gasteiger charge is 2.32. The molecule has 1 aromatic carbocycles. The Kier molecular flexibility index (Phi) is 5.06. The first-order chi connectivity index (χ1) is 8.77. The molecular weight excluding hydrogens is 244 g/mol. The highest BCUT2D eigenvalue weighted by atomic mass is 32.2. The monoisotopic (exact) mass is 266 g/mol. The predicted octanol–water partition coefficient (Wildman–Crippen LogP) is 2.38. The Bertz CT molecular complexity index is 386. The number of fused-ring (bicyclic) bond motifs is 1. The van der Waals surface area contributed by atoms with E-state index in [-0.39, 0.29) is 0 Å². The van der Waals surface area contributed by atoms with E-state index < -0.39 is 0 Å². The standard InChI is InChI=1S/C14H22N2OS/c1-10(7-8-17-2)14(16-15)12-9-18-13-6-4-3-5-11(12)13/h3-6,10,12,14,16H,7-9,15H2,1-2H3. The quantitative estimate of drug-likeness (QED) is 0.613. The molecule has 1 aliphatic heterocycles. The Morgan fingerprint density at radius 2 is 2.28 bits per heavy atom. The number of ether oxygens (including phenoxy) is 1. The lowest BCUT2D eigenvalue weighted by Gasteiger charge is -2.29. The van der Waals surface area contributed by atoms with Gasteiger partial charge in [-0.3, -0.25) is 11.3 Å². The van der Waals surface area contributed by atoms with Gasteiger partial charge in [0.25, 0.3) is 0 Å². The molecule has 0 radical (unpaired) electrons. The van der Waals surface area contributed by atoms with E-state index in [2.05, 4.69) is 36.6 Å². The van der Waals surface area contributed by atoms with Crippen LogP contribution in [0.5, 0.6) is 0 Å². The molecule has 1 aliphatic rings. The van der Waals surface area contributed by atoms with Gasteiger partial charge in [-0.15, -0.1) is 11.8 Å². The van der Waals surface area contributed by atoms with Crippen LogP contribution in [0.3, 0.4) is 0 Å². The van der Waals surface area contributed by atoms with Gasteiger partial charge in [0.05, 0.1) is 0 Å². The van der Waals surface area contributed by atoms with Crippen LogP contribution in [0.2, 0.25) is 0 Å². The molecule has 100 valence electrons. The zero-order valence-corrected chi connectivity index (χ0v) is 11.9. The topological polar surface area (TPSA) is 47.3 Å². The summed E-state index contributed by atoms with van der Waals surface area (Å²) in [6.45, 7) is 3.04. The Balaban J connectivity index is 2.10. The second-order valence-electron chi connectivity index (χ2n) is 4.91. The molecule has 0 saturated carbocycles. The molecule has 1 aromatic rings. The molecule has 3 unspecified atom stereocenters. The van der Waals surface area contributed by atoms with Gasteiger partial charge in [-0.1, -0.05) is 25.1 Å². The average molecular weight is 266 g/mol. The van der Waals surface area contributed by atoms with Crippen LogP contribution in [-0.2, 0) is 4.74 Å². The molecule has 3 nitrogen and oxygen atoms in total. The van der Waals surface area contributed by atoms with Crippen LogP contribution >= 0.6 is 11.8 Å². The number of hydrazine groups is 1. The third-order valence-electron chi connectivity index (χ3n) is 3.75. The normalized spacial score (nSPS) is 21.6. The van der Waals surface area contributed by atoms with Gasteiger partial charge in [-0.25, -0.2) is 0 Å². The first-order valence-corrected chi connectivity index (χ1v) is 7.43. The maximum absolute atomic E-state index is 5.78. The maximum Gasteiger partial charge on any atom is 0.0465 e. The lowest BCUT2D eigenvalue weighted by atomic mass is 9.84. The number of hydrogen-bond acceptors (Lipinski definition) is 4. The second kappa shape index (κ2) is 6.57. The van der Waals surface area contributed by atoms with Crippen molar-refractivity contribution >= 4 is 11.8 Å². The Hall–Kier alpha value is -0.550. The molecule has 0 aliphatic carbocycles. The molecule has 0 fully saturated rings. The van der Waals surface area contributed by atoms with Crippen molar-refractivity contribution in [2.75, 3.05) is 19.5 Å². The minimum atomic E-state index is 0.316.